The topological polar surface area (TPSA) is 18.5 Å². The van der Waals surface area contributed by atoms with Crippen LogP contribution in [0.25, 0.3) is 0 Å². The molecule has 0 spiro atoms. The number of alkyl halides is 1. The summed E-state index contributed by atoms with van der Waals surface area (Å²) < 4.78 is 11.1. The second kappa shape index (κ2) is 7.94. The summed E-state index contributed by atoms with van der Waals surface area (Å²) in [6.07, 6.45) is 0.880. The zero-order valence-corrected chi connectivity index (χ0v) is 13.3. The molecule has 112 valence electrons. The van der Waals surface area contributed by atoms with Crippen LogP contribution in [-0.2, 0) is 0 Å². The lowest BCUT2D eigenvalue weighted by Gasteiger charge is -2.16. The van der Waals surface area contributed by atoms with Gasteiger partial charge in [-0.15, -0.1) is 11.6 Å². The van der Waals surface area contributed by atoms with Crippen LogP contribution in [0.3, 0.4) is 0 Å². The second-order valence-corrected chi connectivity index (χ2v) is 5.36. The summed E-state index contributed by atoms with van der Waals surface area (Å²) in [7, 11) is 1.65. The molecule has 0 N–H and O–H groups in total. The lowest BCUT2D eigenvalue weighted by atomic mass is 9.96. The van der Waals surface area contributed by atoms with Crippen LogP contribution in [0.1, 0.15) is 23.5 Å². The highest BCUT2D eigenvalue weighted by atomic mass is 35.5. The molecule has 0 radical (unpaired) electrons. The lowest BCUT2D eigenvalue weighted by molar-refractivity contribution is 0.282. The fourth-order valence-corrected chi connectivity index (χ4v) is 2.64. The third-order valence-corrected chi connectivity index (χ3v) is 3.87. The van der Waals surface area contributed by atoms with Crippen molar-refractivity contribution in [3.05, 3.63) is 59.7 Å². The van der Waals surface area contributed by atoms with E-state index in [-0.39, 0.29) is 0 Å². The minimum Gasteiger partial charge on any atom is -0.493 e. The van der Waals surface area contributed by atoms with Gasteiger partial charge in [-0.1, -0.05) is 42.0 Å². The lowest BCUT2D eigenvalue weighted by Crippen LogP contribution is -2.08. The molecule has 0 bridgehead atoms. The summed E-state index contributed by atoms with van der Waals surface area (Å²) in [6, 6.07) is 16.2. The van der Waals surface area contributed by atoms with Gasteiger partial charge in [0.2, 0.25) is 0 Å². The number of hydrogen-bond donors (Lipinski definition) is 0. The van der Waals surface area contributed by atoms with E-state index in [2.05, 4.69) is 31.2 Å². The Morgan fingerprint density at radius 3 is 2.48 bits per heavy atom. The molecule has 1 unspecified atom stereocenters. The first-order valence-corrected chi connectivity index (χ1v) is 7.66. The Balaban J connectivity index is 1.95. The Bertz CT molecular complexity index is 569. The van der Waals surface area contributed by atoms with Gasteiger partial charge in [0.15, 0.2) is 11.5 Å². The van der Waals surface area contributed by atoms with E-state index in [4.69, 9.17) is 21.1 Å². The van der Waals surface area contributed by atoms with E-state index >= 15 is 0 Å². The minimum atomic E-state index is 0.307. The number of methoxy groups -OCH3 is 1. The van der Waals surface area contributed by atoms with Gasteiger partial charge in [0.1, 0.15) is 0 Å². The summed E-state index contributed by atoms with van der Waals surface area (Å²) >= 11 is 6.11. The van der Waals surface area contributed by atoms with Crippen molar-refractivity contribution in [1.82, 2.24) is 0 Å². The zero-order valence-electron chi connectivity index (χ0n) is 12.5. The Morgan fingerprint density at radius 2 is 1.81 bits per heavy atom. The molecule has 0 amide bonds. The van der Waals surface area contributed by atoms with Gasteiger partial charge in [0.05, 0.1) is 13.7 Å². The number of ether oxygens (including phenoxy) is 2. The van der Waals surface area contributed by atoms with Crippen LogP contribution < -0.4 is 9.47 Å². The largest absolute Gasteiger partial charge is 0.493 e. The van der Waals surface area contributed by atoms with Crippen molar-refractivity contribution in [2.45, 2.75) is 19.3 Å². The number of hydrogen-bond acceptors (Lipinski definition) is 2. The highest BCUT2D eigenvalue weighted by Crippen LogP contribution is 2.27. The fraction of sp³-hybridized carbons (Fsp3) is 0.333. The number of aryl methyl sites for hydroxylation is 1. The molecular formula is C18H21ClO2. The van der Waals surface area contributed by atoms with E-state index in [1.54, 1.807) is 7.11 Å². The maximum Gasteiger partial charge on any atom is 0.161 e. The molecule has 0 fully saturated rings. The van der Waals surface area contributed by atoms with Gasteiger partial charge in [-0.05, 0) is 31.0 Å². The molecule has 1 atom stereocenters. The molecule has 0 heterocycles. The molecule has 0 aliphatic carbocycles. The van der Waals surface area contributed by atoms with Crippen molar-refractivity contribution in [2.75, 3.05) is 19.6 Å². The van der Waals surface area contributed by atoms with Crippen molar-refractivity contribution >= 4 is 11.6 Å². The van der Waals surface area contributed by atoms with Gasteiger partial charge in [-0.25, -0.2) is 0 Å². The molecule has 0 saturated carbocycles. The molecule has 21 heavy (non-hydrogen) atoms. The normalized spacial score (nSPS) is 12.0. The Morgan fingerprint density at radius 1 is 1.05 bits per heavy atom. The first kappa shape index (κ1) is 15.7. The summed E-state index contributed by atoms with van der Waals surface area (Å²) in [6.45, 7) is 2.71. The van der Waals surface area contributed by atoms with Crippen molar-refractivity contribution < 1.29 is 9.47 Å². The molecule has 2 rings (SSSR count). The second-order valence-electron chi connectivity index (χ2n) is 5.05. The van der Waals surface area contributed by atoms with Gasteiger partial charge in [0.25, 0.3) is 0 Å². The third-order valence-electron chi connectivity index (χ3n) is 3.49. The van der Waals surface area contributed by atoms with Crippen molar-refractivity contribution in [2.24, 2.45) is 0 Å². The van der Waals surface area contributed by atoms with Crippen LogP contribution in [0.5, 0.6) is 11.5 Å². The Kier molecular flexibility index (Phi) is 5.94. The molecule has 0 aliphatic heterocycles. The van der Waals surface area contributed by atoms with Gasteiger partial charge in [-0.3, -0.25) is 0 Å². The molecule has 2 aromatic rings. The Hall–Kier alpha value is -1.67. The Labute approximate surface area is 131 Å². The summed E-state index contributed by atoms with van der Waals surface area (Å²) in [5, 5.41) is 0. The molecular weight excluding hydrogens is 284 g/mol. The van der Waals surface area contributed by atoms with E-state index in [0.717, 1.165) is 17.9 Å². The highest BCUT2D eigenvalue weighted by Gasteiger charge is 2.11. The average molecular weight is 305 g/mol. The SMILES string of the molecule is COc1ccccc1OCCC(CCl)c1cccc(C)c1. The van der Waals surface area contributed by atoms with Crippen LogP contribution in [0.2, 0.25) is 0 Å². The maximum absolute atomic E-state index is 6.11. The summed E-state index contributed by atoms with van der Waals surface area (Å²) in [4.78, 5) is 0. The predicted octanol–water partition coefficient (Wildman–Crippen LogP) is 4.80. The fourth-order valence-electron chi connectivity index (χ4n) is 2.31. The van der Waals surface area contributed by atoms with Crippen LogP contribution in [0, 0.1) is 6.92 Å². The van der Waals surface area contributed by atoms with E-state index in [9.17, 15) is 0 Å². The van der Waals surface area contributed by atoms with Gasteiger partial charge in [-0.2, -0.15) is 0 Å². The summed E-state index contributed by atoms with van der Waals surface area (Å²) in [5.74, 6) is 2.44. The van der Waals surface area contributed by atoms with Crippen molar-refractivity contribution in [3.8, 4) is 11.5 Å². The molecule has 3 heteroatoms. The van der Waals surface area contributed by atoms with Gasteiger partial charge >= 0.3 is 0 Å². The standard InChI is InChI=1S/C18H21ClO2/c1-14-6-5-7-15(12-14)16(13-19)10-11-21-18-9-4-3-8-17(18)20-2/h3-9,12,16H,10-11,13H2,1-2H3. The zero-order chi connectivity index (χ0) is 15.1. The van der Waals surface area contributed by atoms with Crippen molar-refractivity contribution in [3.63, 3.8) is 0 Å². The first-order valence-electron chi connectivity index (χ1n) is 7.13. The number of benzene rings is 2. The molecule has 2 aromatic carbocycles. The van der Waals surface area contributed by atoms with Gasteiger partial charge < -0.3 is 9.47 Å². The van der Waals surface area contributed by atoms with Crippen LogP contribution >= 0.6 is 11.6 Å². The average Bonchev–Trinajstić information content (AvgIpc) is 2.52. The molecule has 0 saturated heterocycles. The van der Waals surface area contributed by atoms with E-state index < -0.39 is 0 Å². The smallest absolute Gasteiger partial charge is 0.161 e. The molecule has 0 aliphatic rings. The number of rotatable bonds is 7. The predicted molar refractivity (Wildman–Crippen MR) is 87.7 cm³/mol. The van der Waals surface area contributed by atoms with E-state index in [0.29, 0.717) is 18.4 Å². The quantitative estimate of drug-likeness (QED) is 0.684. The highest BCUT2D eigenvalue weighted by molar-refractivity contribution is 6.18. The van der Waals surface area contributed by atoms with E-state index in [1.807, 2.05) is 24.3 Å². The van der Waals surface area contributed by atoms with Crippen LogP contribution in [0.15, 0.2) is 48.5 Å². The van der Waals surface area contributed by atoms with Crippen LogP contribution in [0.4, 0.5) is 0 Å². The minimum absolute atomic E-state index is 0.307. The first-order chi connectivity index (χ1) is 10.2. The van der Waals surface area contributed by atoms with Gasteiger partial charge in [0, 0.05) is 11.8 Å². The van der Waals surface area contributed by atoms with Crippen LogP contribution in [-0.4, -0.2) is 19.6 Å². The number of para-hydroxylation sites is 2. The van der Waals surface area contributed by atoms with E-state index in [1.165, 1.54) is 11.1 Å². The van der Waals surface area contributed by atoms with Crippen molar-refractivity contribution in [1.29, 1.82) is 0 Å². The summed E-state index contributed by atoms with van der Waals surface area (Å²) in [5.41, 5.74) is 2.53. The third kappa shape index (κ3) is 4.40. The molecule has 0 aromatic heterocycles. The number of halogens is 1. The maximum atomic E-state index is 6.11. The molecule has 2 nitrogen and oxygen atoms in total. The monoisotopic (exact) mass is 304 g/mol.